The van der Waals surface area contributed by atoms with E-state index in [1.54, 1.807) is 0 Å². The van der Waals surface area contributed by atoms with Gasteiger partial charge in [-0.1, -0.05) is 13.0 Å². The van der Waals surface area contributed by atoms with E-state index in [0.717, 1.165) is 5.56 Å². The van der Waals surface area contributed by atoms with Crippen LogP contribution in [-0.4, -0.2) is 0 Å². The maximum absolute atomic E-state index is 3.08. The van der Waals surface area contributed by atoms with Crippen LogP contribution in [0.25, 0.3) is 0 Å². The first-order chi connectivity index (χ1) is 4.43. The molecule has 0 saturated heterocycles. The van der Waals surface area contributed by atoms with Crippen LogP contribution in [0.1, 0.15) is 12.5 Å². The van der Waals surface area contributed by atoms with E-state index in [0.29, 0.717) is 0 Å². The fourth-order valence-electron chi connectivity index (χ4n) is 0.701. The summed E-state index contributed by atoms with van der Waals surface area (Å²) in [4.78, 5) is 0. The van der Waals surface area contributed by atoms with Gasteiger partial charge in [0.15, 0.2) is 0 Å². The van der Waals surface area contributed by atoms with Gasteiger partial charge < -0.3 is 0 Å². The van der Waals surface area contributed by atoms with Gasteiger partial charge in [0.25, 0.3) is 0 Å². The van der Waals surface area contributed by atoms with Gasteiger partial charge in [-0.2, -0.15) is 23.8 Å². The van der Waals surface area contributed by atoms with Crippen molar-refractivity contribution >= 4 is 0 Å². The molecule has 0 unspecified atom stereocenters. The second kappa shape index (κ2) is 5.35. The van der Waals surface area contributed by atoms with Gasteiger partial charge in [-0.15, -0.1) is 18.2 Å². The van der Waals surface area contributed by atoms with E-state index in [1.165, 1.54) is 0 Å². The number of hydrogen-bond donors (Lipinski definition) is 0. The van der Waals surface area contributed by atoms with Crippen molar-refractivity contribution in [1.29, 1.82) is 0 Å². The molecule has 0 amide bonds. The third-order valence-electron chi connectivity index (χ3n) is 1.08. The van der Waals surface area contributed by atoms with Crippen LogP contribution in [0.15, 0.2) is 36.4 Å². The molecule has 0 aliphatic carbocycles. The molecule has 0 heterocycles. The Morgan fingerprint density at radius 3 is 2.30 bits per heavy atom. The molecule has 1 aromatic rings. The van der Waals surface area contributed by atoms with Gasteiger partial charge in [0.05, 0.1) is 0 Å². The molecule has 0 radical (unpaired) electrons. The molecule has 1 rings (SSSR count). The van der Waals surface area contributed by atoms with Crippen LogP contribution in [0.3, 0.4) is 0 Å². The summed E-state index contributed by atoms with van der Waals surface area (Å²) in [7, 11) is 0. The molecule has 0 aliphatic rings. The monoisotopic (exact) mass is 124 g/mol. The molecule has 0 N–H and O–H groups in total. The van der Waals surface area contributed by atoms with Gasteiger partial charge in [0.1, 0.15) is 0 Å². The maximum atomic E-state index is 3.08. The first kappa shape index (κ1) is 9.56. The summed E-state index contributed by atoms with van der Waals surface area (Å²) in [6.45, 7) is 1.97. The van der Waals surface area contributed by atoms with Gasteiger partial charge in [0.2, 0.25) is 0 Å². The van der Waals surface area contributed by atoms with Crippen molar-refractivity contribution in [3.63, 3.8) is 0 Å². The molecule has 0 aliphatic heterocycles. The fourth-order valence-corrected chi connectivity index (χ4v) is 0.701. The van der Waals surface area contributed by atoms with Crippen molar-refractivity contribution in [2.24, 2.45) is 0 Å². The Hall–Kier alpha value is -0.443. The van der Waals surface area contributed by atoms with E-state index in [9.17, 15) is 0 Å². The third-order valence-corrected chi connectivity index (χ3v) is 1.08. The second-order valence-electron chi connectivity index (χ2n) is 1.80. The molecule has 0 aromatic heterocycles. The second-order valence-corrected chi connectivity index (χ2v) is 1.80. The van der Waals surface area contributed by atoms with E-state index >= 15 is 0 Å². The number of hydrogen-bond acceptors (Lipinski definition) is 0. The molecule has 0 saturated carbocycles. The van der Waals surface area contributed by atoms with Crippen LogP contribution in [0.4, 0.5) is 0 Å². The van der Waals surface area contributed by atoms with Crippen LogP contribution in [0.5, 0.6) is 0 Å². The first-order valence-electron chi connectivity index (χ1n) is 3.03. The summed E-state index contributed by atoms with van der Waals surface area (Å²) >= 11 is 0. The van der Waals surface area contributed by atoms with Crippen LogP contribution in [-0.2, 0) is 0 Å². The summed E-state index contributed by atoms with van der Waals surface area (Å²) < 4.78 is 0. The summed E-state index contributed by atoms with van der Waals surface area (Å²) in [5, 5.41) is 0. The van der Waals surface area contributed by atoms with E-state index in [4.69, 9.17) is 0 Å². The van der Waals surface area contributed by atoms with Gasteiger partial charge in [-0.25, -0.2) is 0 Å². The molecular weight excluding hydrogens is 115 g/mol. The Kier molecular flexibility index (Phi) is 5.11. The molecule has 46 valence electrons. The molecular formula is C9H9Li. The zero-order valence-electron chi connectivity index (χ0n) is 6.46. The van der Waals surface area contributed by atoms with Gasteiger partial charge in [-0.05, 0) is 0 Å². The minimum absolute atomic E-state index is 0. The standard InChI is InChI=1S/C9H9.Li/c1-2-6-9-7-4-3-5-8-9;/h2-5,7-8H,1H3;/q-1;+1. The Labute approximate surface area is 74.1 Å². The third kappa shape index (κ3) is 2.92. The van der Waals surface area contributed by atoms with Crippen molar-refractivity contribution < 1.29 is 18.9 Å². The van der Waals surface area contributed by atoms with Gasteiger partial charge in [-0.3, -0.25) is 0 Å². The zero-order valence-corrected chi connectivity index (χ0v) is 6.46. The molecule has 0 bridgehead atoms. The summed E-state index contributed by atoms with van der Waals surface area (Å²) in [5.41, 5.74) is 1.14. The SMILES string of the molecule is CC=[C-]c1ccccc1.[Li+]. The van der Waals surface area contributed by atoms with Crippen LogP contribution in [0.2, 0.25) is 0 Å². The summed E-state index contributed by atoms with van der Waals surface area (Å²) in [5.74, 6) is 0. The number of benzene rings is 1. The Bertz CT molecular complexity index is 189. The predicted molar refractivity (Wildman–Crippen MR) is 39.0 cm³/mol. The van der Waals surface area contributed by atoms with E-state index in [-0.39, 0.29) is 18.9 Å². The topological polar surface area (TPSA) is 0 Å². The molecule has 0 atom stereocenters. The van der Waals surface area contributed by atoms with Crippen LogP contribution >= 0.6 is 0 Å². The van der Waals surface area contributed by atoms with Gasteiger partial charge >= 0.3 is 18.9 Å². The molecule has 1 aromatic carbocycles. The Morgan fingerprint density at radius 1 is 1.20 bits per heavy atom. The van der Waals surface area contributed by atoms with Crippen molar-refractivity contribution in [3.05, 3.63) is 48.0 Å². The minimum Gasteiger partial charge on any atom is -0.193 e. The minimum atomic E-state index is 0. The van der Waals surface area contributed by atoms with E-state index < -0.39 is 0 Å². The van der Waals surface area contributed by atoms with Crippen molar-refractivity contribution in [1.82, 2.24) is 0 Å². The average molecular weight is 124 g/mol. The Morgan fingerprint density at radius 2 is 1.80 bits per heavy atom. The van der Waals surface area contributed by atoms with Crippen LogP contribution < -0.4 is 18.9 Å². The smallest absolute Gasteiger partial charge is 0.193 e. The quantitative estimate of drug-likeness (QED) is 0.347. The predicted octanol–water partition coefficient (Wildman–Crippen LogP) is -0.582. The average Bonchev–Trinajstić information content (AvgIpc) is 1.91. The van der Waals surface area contributed by atoms with Crippen molar-refractivity contribution in [3.8, 4) is 0 Å². The summed E-state index contributed by atoms with van der Waals surface area (Å²) in [6.07, 6.45) is 4.99. The first-order valence-corrected chi connectivity index (χ1v) is 3.03. The van der Waals surface area contributed by atoms with Gasteiger partial charge in [0, 0.05) is 0 Å². The Balaban J connectivity index is 0.000000810. The molecule has 10 heavy (non-hydrogen) atoms. The molecule has 0 fully saturated rings. The van der Waals surface area contributed by atoms with Crippen LogP contribution in [0, 0.1) is 6.08 Å². The van der Waals surface area contributed by atoms with Crippen molar-refractivity contribution in [2.45, 2.75) is 6.92 Å². The normalized spacial score (nSPS) is 9.30. The number of rotatable bonds is 1. The molecule has 0 nitrogen and oxygen atoms in total. The fraction of sp³-hybridized carbons (Fsp3) is 0.111. The summed E-state index contributed by atoms with van der Waals surface area (Å²) in [6, 6.07) is 10.1. The van der Waals surface area contributed by atoms with E-state index in [1.807, 2.05) is 43.3 Å². The zero-order chi connectivity index (χ0) is 6.53. The van der Waals surface area contributed by atoms with Crippen molar-refractivity contribution in [2.75, 3.05) is 0 Å². The number of allylic oxidation sites excluding steroid dienone is 1. The maximum Gasteiger partial charge on any atom is 1.00 e. The van der Waals surface area contributed by atoms with E-state index in [2.05, 4.69) is 6.08 Å². The molecule has 0 spiro atoms. The largest absolute Gasteiger partial charge is 1.00 e. The molecule has 1 heteroatoms.